The van der Waals surface area contributed by atoms with Gasteiger partial charge in [0.15, 0.2) is 0 Å². The highest BCUT2D eigenvalue weighted by Gasteiger charge is 2.31. The van der Waals surface area contributed by atoms with Crippen LogP contribution in [0.15, 0.2) is 0 Å². The van der Waals surface area contributed by atoms with Gasteiger partial charge in [0.05, 0.1) is 25.0 Å². The number of carbonyl (C=O) groups is 2. The van der Waals surface area contributed by atoms with Gasteiger partial charge in [0.25, 0.3) is 0 Å². The molecule has 0 aromatic heterocycles. The van der Waals surface area contributed by atoms with Gasteiger partial charge in [-0.1, -0.05) is 67.2 Å². The number of rotatable bonds is 16. The largest absolute Gasteiger partial charge is 0.465 e. The van der Waals surface area contributed by atoms with Crippen molar-refractivity contribution in [2.75, 3.05) is 13.2 Å². The Bertz CT molecular complexity index is 464. The Labute approximate surface area is 198 Å². The van der Waals surface area contributed by atoms with E-state index in [0.717, 1.165) is 50.4 Å². The third-order valence-electron chi connectivity index (χ3n) is 7.28. The fraction of sp³-hybridized carbons (Fsp3) is 0.929. The Hall–Kier alpha value is -1.06. The molecule has 0 radical (unpaired) electrons. The summed E-state index contributed by atoms with van der Waals surface area (Å²) in [4.78, 5) is 24.8. The standard InChI is InChI=1S/C28H52O4/c1-7-9-21(3)19-23(5)15-17-31-27(29)25-11-13-26(14-12-25)28(30)32-18-16-24(6)20-22(4)10-8-2/h21-26H,7-20H2,1-6H3. The van der Waals surface area contributed by atoms with Gasteiger partial charge < -0.3 is 9.47 Å². The topological polar surface area (TPSA) is 52.6 Å². The highest BCUT2D eigenvalue weighted by molar-refractivity contribution is 5.75. The van der Waals surface area contributed by atoms with Crippen molar-refractivity contribution >= 4 is 11.9 Å². The first kappa shape index (κ1) is 29.0. The first-order chi connectivity index (χ1) is 15.3. The van der Waals surface area contributed by atoms with E-state index in [-0.39, 0.29) is 23.8 Å². The second-order valence-electron chi connectivity index (χ2n) is 10.9. The predicted octanol–water partition coefficient (Wildman–Crippen LogP) is 7.58. The molecule has 4 unspecified atom stereocenters. The molecule has 32 heavy (non-hydrogen) atoms. The lowest BCUT2D eigenvalue weighted by molar-refractivity contribution is -0.155. The van der Waals surface area contributed by atoms with E-state index in [9.17, 15) is 9.59 Å². The van der Waals surface area contributed by atoms with Crippen molar-refractivity contribution in [1.82, 2.24) is 0 Å². The molecule has 0 heterocycles. The van der Waals surface area contributed by atoms with E-state index < -0.39 is 0 Å². The summed E-state index contributed by atoms with van der Waals surface area (Å²) >= 11 is 0. The molecule has 4 atom stereocenters. The minimum absolute atomic E-state index is 0.0477. The molecule has 188 valence electrons. The molecule has 0 spiro atoms. The van der Waals surface area contributed by atoms with Crippen LogP contribution in [0.1, 0.15) is 119 Å². The van der Waals surface area contributed by atoms with Crippen LogP contribution >= 0.6 is 0 Å². The Morgan fingerprint density at radius 3 is 1.25 bits per heavy atom. The first-order valence-corrected chi connectivity index (χ1v) is 13.6. The lowest BCUT2D eigenvalue weighted by Crippen LogP contribution is -2.29. The summed E-state index contributed by atoms with van der Waals surface area (Å²) in [5, 5.41) is 0. The van der Waals surface area contributed by atoms with Crippen molar-refractivity contribution in [3.8, 4) is 0 Å². The van der Waals surface area contributed by atoms with Gasteiger partial charge in [0, 0.05) is 0 Å². The number of ether oxygens (including phenoxy) is 2. The molecule has 1 aliphatic carbocycles. The monoisotopic (exact) mass is 452 g/mol. The van der Waals surface area contributed by atoms with Gasteiger partial charge in [0.2, 0.25) is 0 Å². The molecule has 0 aromatic rings. The summed E-state index contributed by atoms with van der Waals surface area (Å²) in [5.41, 5.74) is 0. The average Bonchev–Trinajstić information content (AvgIpc) is 2.73. The van der Waals surface area contributed by atoms with Crippen LogP contribution in [-0.2, 0) is 19.1 Å². The summed E-state index contributed by atoms with van der Waals surface area (Å²) in [7, 11) is 0. The zero-order valence-corrected chi connectivity index (χ0v) is 22.0. The molecule has 0 amide bonds. The maximum absolute atomic E-state index is 12.4. The Morgan fingerprint density at radius 2 is 0.938 bits per heavy atom. The molecule has 1 aliphatic rings. The van der Waals surface area contributed by atoms with E-state index in [1.165, 1.54) is 38.5 Å². The molecule has 0 bridgehead atoms. The molecule has 1 saturated carbocycles. The normalized spacial score (nSPS) is 22.6. The van der Waals surface area contributed by atoms with Crippen LogP contribution in [0.2, 0.25) is 0 Å². The van der Waals surface area contributed by atoms with Crippen molar-refractivity contribution < 1.29 is 19.1 Å². The van der Waals surface area contributed by atoms with E-state index in [1.807, 2.05) is 0 Å². The molecule has 4 nitrogen and oxygen atoms in total. The average molecular weight is 453 g/mol. The lowest BCUT2D eigenvalue weighted by atomic mass is 9.82. The van der Waals surface area contributed by atoms with Gasteiger partial charge >= 0.3 is 11.9 Å². The van der Waals surface area contributed by atoms with E-state index in [1.54, 1.807) is 0 Å². The SMILES string of the molecule is CCCC(C)CC(C)CCOC(=O)C1CCC(C(=O)OCCC(C)CC(C)CCC)CC1. The molecular weight excluding hydrogens is 400 g/mol. The summed E-state index contributed by atoms with van der Waals surface area (Å²) in [6, 6.07) is 0. The molecule has 0 saturated heterocycles. The van der Waals surface area contributed by atoms with Crippen LogP contribution in [0.25, 0.3) is 0 Å². The third-order valence-corrected chi connectivity index (χ3v) is 7.28. The van der Waals surface area contributed by atoms with Crippen molar-refractivity contribution in [1.29, 1.82) is 0 Å². The van der Waals surface area contributed by atoms with Crippen molar-refractivity contribution in [3.05, 3.63) is 0 Å². The van der Waals surface area contributed by atoms with Gasteiger partial charge in [-0.3, -0.25) is 9.59 Å². The smallest absolute Gasteiger partial charge is 0.308 e. The van der Waals surface area contributed by atoms with Crippen LogP contribution in [0.3, 0.4) is 0 Å². The Morgan fingerprint density at radius 1 is 0.625 bits per heavy atom. The molecule has 0 aliphatic heterocycles. The molecule has 1 rings (SSSR count). The van der Waals surface area contributed by atoms with Crippen molar-refractivity contribution in [3.63, 3.8) is 0 Å². The second-order valence-corrected chi connectivity index (χ2v) is 10.9. The zero-order chi connectivity index (χ0) is 23.9. The summed E-state index contributed by atoms with van der Waals surface area (Å²) in [6.45, 7) is 14.6. The second kappa shape index (κ2) is 16.5. The fourth-order valence-corrected chi connectivity index (χ4v) is 5.35. The van der Waals surface area contributed by atoms with Gasteiger partial charge in [-0.2, -0.15) is 0 Å². The molecule has 0 N–H and O–H groups in total. The Balaban J connectivity index is 2.18. The molecule has 0 aromatic carbocycles. The summed E-state index contributed by atoms with van der Waals surface area (Å²) in [6.07, 6.45) is 12.3. The quantitative estimate of drug-likeness (QED) is 0.226. The molecule has 1 fully saturated rings. The number of hydrogen-bond donors (Lipinski definition) is 0. The number of esters is 2. The fourth-order valence-electron chi connectivity index (χ4n) is 5.35. The zero-order valence-electron chi connectivity index (χ0n) is 22.0. The van der Waals surface area contributed by atoms with Gasteiger partial charge in [-0.25, -0.2) is 0 Å². The van der Waals surface area contributed by atoms with Crippen LogP contribution in [0.5, 0.6) is 0 Å². The highest BCUT2D eigenvalue weighted by Crippen LogP contribution is 2.31. The summed E-state index contributed by atoms with van der Waals surface area (Å²) in [5.74, 6) is 2.44. The third kappa shape index (κ3) is 12.3. The maximum Gasteiger partial charge on any atom is 0.308 e. The first-order valence-electron chi connectivity index (χ1n) is 13.6. The van der Waals surface area contributed by atoms with Crippen LogP contribution in [0.4, 0.5) is 0 Å². The molecule has 4 heteroatoms. The van der Waals surface area contributed by atoms with E-state index in [4.69, 9.17) is 9.47 Å². The van der Waals surface area contributed by atoms with E-state index >= 15 is 0 Å². The van der Waals surface area contributed by atoms with Gasteiger partial charge in [-0.05, 0) is 75.0 Å². The lowest BCUT2D eigenvalue weighted by Gasteiger charge is -2.26. The maximum atomic E-state index is 12.4. The Kier molecular flexibility index (Phi) is 15.0. The van der Waals surface area contributed by atoms with Gasteiger partial charge in [-0.15, -0.1) is 0 Å². The minimum Gasteiger partial charge on any atom is -0.465 e. The molecular formula is C28H52O4. The van der Waals surface area contributed by atoms with Crippen LogP contribution in [0, 0.1) is 35.5 Å². The van der Waals surface area contributed by atoms with E-state index in [2.05, 4.69) is 41.5 Å². The minimum atomic E-state index is -0.0688. The van der Waals surface area contributed by atoms with Crippen LogP contribution < -0.4 is 0 Å². The van der Waals surface area contributed by atoms with E-state index in [0.29, 0.717) is 25.0 Å². The van der Waals surface area contributed by atoms with Crippen molar-refractivity contribution in [2.24, 2.45) is 35.5 Å². The number of carbonyl (C=O) groups excluding carboxylic acids is 2. The number of hydrogen-bond acceptors (Lipinski definition) is 4. The summed E-state index contributed by atoms with van der Waals surface area (Å²) < 4.78 is 11.1. The van der Waals surface area contributed by atoms with Crippen molar-refractivity contribution in [2.45, 2.75) is 119 Å². The highest BCUT2D eigenvalue weighted by atomic mass is 16.5. The van der Waals surface area contributed by atoms with Gasteiger partial charge in [0.1, 0.15) is 0 Å². The predicted molar refractivity (Wildman–Crippen MR) is 132 cm³/mol. The van der Waals surface area contributed by atoms with Crippen LogP contribution in [-0.4, -0.2) is 25.2 Å².